The number of benzene rings is 1. The van der Waals surface area contributed by atoms with E-state index in [9.17, 15) is 4.79 Å². The summed E-state index contributed by atoms with van der Waals surface area (Å²) in [4.78, 5) is 17.8. The monoisotopic (exact) mass is 427 g/mol. The Morgan fingerprint density at radius 3 is 2.44 bits per heavy atom. The number of hydrogen-bond donors (Lipinski definition) is 2. The Bertz CT molecular complexity index is 844. The second kappa shape index (κ2) is 8.12. The molecule has 1 amide bonds. The number of piperidine rings is 1. The summed E-state index contributed by atoms with van der Waals surface area (Å²) in [5, 5.41) is 8.40. The van der Waals surface area contributed by atoms with Crippen LogP contribution in [-0.4, -0.2) is 29.0 Å². The van der Waals surface area contributed by atoms with Gasteiger partial charge in [-0.05, 0) is 62.8 Å². The molecule has 2 aliphatic heterocycles. The van der Waals surface area contributed by atoms with E-state index in [1.165, 1.54) is 25.7 Å². The summed E-state index contributed by atoms with van der Waals surface area (Å²) in [6, 6.07) is 9.01. The van der Waals surface area contributed by atoms with Crippen LogP contribution < -0.4 is 10.6 Å². The molecule has 3 heterocycles. The zero-order valence-corrected chi connectivity index (χ0v) is 17.3. The summed E-state index contributed by atoms with van der Waals surface area (Å²) in [5.41, 5.74) is 2.63. The van der Waals surface area contributed by atoms with E-state index in [2.05, 4.69) is 10.6 Å². The Morgan fingerprint density at radius 2 is 1.78 bits per heavy atom. The normalized spacial score (nSPS) is 26.2. The average molecular weight is 429 g/mol. The molecule has 3 aliphatic rings. The van der Waals surface area contributed by atoms with Crippen LogP contribution in [-0.2, 0) is 0 Å². The third-order valence-corrected chi connectivity index (χ3v) is 6.07. The summed E-state index contributed by atoms with van der Waals surface area (Å²) in [6.07, 6.45) is 6.87. The van der Waals surface area contributed by atoms with E-state index in [0.29, 0.717) is 23.0 Å². The number of amides is 1. The van der Waals surface area contributed by atoms with Crippen molar-refractivity contribution in [2.45, 2.75) is 62.6 Å². The summed E-state index contributed by atoms with van der Waals surface area (Å²) in [7, 11) is 0. The molecule has 7 heteroatoms. The highest BCUT2D eigenvalue weighted by Gasteiger charge is 2.34. The molecular formula is C20H24Cl3N3O. The van der Waals surface area contributed by atoms with E-state index >= 15 is 0 Å². The molecule has 2 saturated heterocycles. The number of nitrogens with zero attached hydrogens (tertiary/aromatic N) is 1. The van der Waals surface area contributed by atoms with E-state index < -0.39 is 0 Å². The second-order valence-corrected chi connectivity index (χ2v) is 8.25. The lowest BCUT2D eigenvalue weighted by molar-refractivity contribution is 0.0925. The van der Waals surface area contributed by atoms with E-state index in [-0.39, 0.29) is 36.8 Å². The van der Waals surface area contributed by atoms with Gasteiger partial charge in [-0.25, -0.2) is 0 Å². The lowest BCUT2D eigenvalue weighted by atomic mass is 9.98. The molecular weight excluding hydrogens is 405 g/mol. The number of hydrogen-bond acceptors (Lipinski definition) is 3. The quantitative estimate of drug-likeness (QED) is 0.750. The Morgan fingerprint density at radius 1 is 1.07 bits per heavy atom. The zero-order chi connectivity index (χ0) is 17.0. The molecule has 27 heavy (non-hydrogen) atoms. The minimum Gasteiger partial charge on any atom is -0.349 e. The zero-order valence-electron chi connectivity index (χ0n) is 14.9. The summed E-state index contributed by atoms with van der Waals surface area (Å²) in [5.74, 6) is 0.532. The Balaban J connectivity index is 0.00000105. The van der Waals surface area contributed by atoms with Crippen molar-refractivity contribution in [1.29, 1.82) is 0 Å². The molecule has 0 spiro atoms. The number of fused-ring (bicyclic) bond motifs is 3. The largest absolute Gasteiger partial charge is 0.349 e. The molecule has 1 aromatic heterocycles. The first-order valence-electron chi connectivity index (χ1n) is 9.33. The first-order chi connectivity index (χ1) is 12.2. The molecule has 2 atom stereocenters. The first-order valence-corrected chi connectivity index (χ1v) is 9.70. The maximum absolute atomic E-state index is 13.1. The van der Waals surface area contributed by atoms with Gasteiger partial charge in [0.15, 0.2) is 0 Å². The predicted octanol–water partition coefficient (Wildman–Crippen LogP) is 4.62. The Hall–Kier alpha value is -1.07. The van der Waals surface area contributed by atoms with Crippen molar-refractivity contribution in [3.8, 4) is 0 Å². The molecule has 0 radical (unpaired) electrons. The predicted molar refractivity (Wildman–Crippen MR) is 114 cm³/mol. The molecule has 5 rings (SSSR count). The van der Waals surface area contributed by atoms with Crippen LogP contribution in [0, 0.1) is 0 Å². The molecule has 1 aromatic carbocycles. The highest BCUT2D eigenvalue weighted by atomic mass is 35.5. The summed E-state index contributed by atoms with van der Waals surface area (Å²) >= 11 is 6.18. The van der Waals surface area contributed by atoms with Crippen LogP contribution in [0.2, 0.25) is 5.02 Å². The van der Waals surface area contributed by atoms with E-state index in [0.717, 1.165) is 35.0 Å². The summed E-state index contributed by atoms with van der Waals surface area (Å²) in [6.45, 7) is 0. The van der Waals surface area contributed by atoms with Crippen molar-refractivity contribution in [2.24, 2.45) is 0 Å². The van der Waals surface area contributed by atoms with Gasteiger partial charge >= 0.3 is 0 Å². The van der Waals surface area contributed by atoms with E-state index in [4.69, 9.17) is 16.6 Å². The Kier molecular flexibility index (Phi) is 6.21. The van der Waals surface area contributed by atoms with Crippen molar-refractivity contribution in [2.75, 3.05) is 0 Å². The minimum absolute atomic E-state index is 0. The fraction of sp³-hybridized carbons (Fsp3) is 0.500. The Labute approximate surface area is 176 Å². The number of carbonyl (C=O) groups excluding carboxylic acids is 1. The highest BCUT2D eigenvalue weighted by molar-refractivity contribution is 6.31. The topological polar surface area (TPSA) is 54.0 Å². The third kappa shape index (κ3) is 4.19. The van der Waals surface area contributed by atoms with Gasteiger partial charge in [0.25, 0.3) is 5.91 Å². The van der Waals surface area contributed by atoms with Crippen molar-refractivity contribution in [3.05, 3.63) is 40.5 Å². The van der Waals surface area contributed by atoms with Gasteiger partial charge in [0, 0.05) is 40.1 Å². The van der Waals surface area contributed by atoms with Crippen LogP contribution in [0.15, 0.2) is 24.3 Å². The van der Waals surface area contributed by atoms with E-state index in [1.54, 1.807) is 0 Å². The fourth-order valence-corrected chi connectivity index (χ4v) is 4.60. The van der Waals surface area contributed by atoms with Gasteiger partial charge in [0.1, 0.15) is 0 Å². The van der Waals surface area contributed by atoms with Gasteiger partial charge in [-0.15, -0.1) is 24.8 Å². The van der Waals surface area contributed by atoms with Crippen molar-refractivity contribution >= 4 is 53.2 Å². The summed E-state index contributed by atoms with van der Waals surface area (Å²) < 4.78 is 0. The first kappa shape index (κ1) is 20.7. The van der Waals surface area contributed by atoms with Gasteiger partial charge < -0.3 is 10.6 Å². The number of aromatic nitrogens is 1. The van der Waals surface area contributed by atoms with Crippen LogP contribution in [0.25, 0.3) is 10.9 Å². The number of halogens is 3. The standard InChI is InChI=1S/C20H22ClN3O.2ClH/c21-12-3-6-18-16(7-12)17(10-19(24-18)11-1-2-11)20(25)23-15-8-13-4-5-14(9-15)22-13;;/h3,6-7,10-11,13-15,22H,1-2,4-5,8-9H2,(H,23,25);2*1H. The number of carbonyl (C=O) groups is 1. The molecule has 4 nitrogen and oxygen atoms in total. The maximum atomic E-state index is 13.1. The van der Waals surface area contributed by atoms with Gasteiger partial charge in [-0.2, -0.15) is 0 Å². The third-order valence-electron chi connectivity index (χ3n) is 5.84. The smallest absolute Gasteiger partial charge is 0.252 e. The highest BCUT2D eigenvalue weighted by Crippen LogP contribution is 2.40. The number of pyridine rings is 1. The molecule has 2 bridgehead atoms. The molecule has 2 unspecified atom stereocenters. The molecule has 146 valence electrons. The van der Waals surface area contributed by atoms with Crippen LogP contribution in [0.3, 0.4) is 0 Å². The van der Waals surface area contributed by atoms with Gasteiger partial charge in [0.05, 0.1) is 11.1 Å². The maximum Gasteiger partial charge on any atom is 0.252 e. The van der Waals surface area contributed by atoms with Crippen LogP contribution in [0.4, 0.5) is 0 Å². The van der Waals surface area contributed by atoms with Crippen molar-refractivity contribution < 1.29 is 4.79 Å². The van der Waals surface area contributed by atoms with Gasteiger partial charge in [-0.1, -0.05) is 11.6 Å². The van der Waals surface area contributed by atoms with Crippen molar-refractivity contribution in [3.63, 3.8) is 0 Å². The molecule has 2 aromatic rings. The lowest BCUT2D eigenvalue weighted by Gasteiger charge is -2.29. The number of rotatable bonds is 3. The van der Waals surface area contributed by atoms with Crippen molar-refractivity contribution in [1.82, 2.24) is 15.6 Å². The molecule has 1 saturated carbocycles. The van der Waals surface area contributed by atoms with Crippen LogP contribution in [0.5, 0.6) is 0 Å². The molecule has 2 N–H and O–H groups in total. The van der Waals surface area contributed by atoms with Crippen LogP contribution >= 0.6 is 36.4 Å². The second-order valence-electron chi connectivity index (χ2n) is 7.81. The van der Waals surface area contributed by atoms with E-state index in [1.807, 2.05) is 24.3 Å². The average Bonchev–Trinajstić information content (AvgIpc) is 3.39. The number of nitrogens with one attached hydrogen (secondary N) is 2. The molecule has 3 fully saturated rings. The van der Waals surface area contributed by atoms with Crippen LogP contribution in [0.1, 0.15) is 60.5 Å². The van der Waals surface area contributed by atoms with Gasteiger partial charge in [0.2, 0.25) is 0 Å². The lowest BCUT2D eigenvalue weighted by Crippen LogP contribution is -2.48. The fourth-order valence-electron chi connectivity index (χ4n) is 4.43. The molecule has 1 aliphatic carbocycles. The SMILES string of the molecule is Cl.Cl.O=C(NC1CC2CCC(C1)N2)c1cc(C2CC2)nc2ccc(Cl)cc12. The van der Waals surface area contributed by atoms with Gasteiger partial charge in [-0.3, -0.25) is 9.78 Å². The minimum atomic E-state index is 0.